The molecule has 0 aliphatic carbocycles. The van der Waals surface area contributed by atoms with Crippen molar-refractivity contribution in [3.05, 3.63) is 130 Å². The predicted octanol–water partition coefficient (Wildman–Crippen LogP) is 8.73. The van der Waals surface area contributed by atoms with Crippen LogP contribution in [0.25, 0.3) is 22.0 Å². The van der Waals surface area contributed by atoms with Crippen LogP contribution in [0, 0.1) is 0 Å². The van der Waals surface area contributed by atoms with Crippen molar-refractivity contribution in [2.24, 2.45) is 0 Å². The summed E-state index contributed by atoms with van der Waals surface area (Å²) in [6, 6.07) is 26.1. The fraction of sp³-hybridized carbons (Fsp3) is 0.176. The number of aliphatic carboxylic acids is 1. The molecular weight excluding hydrogens is 579 g/mol. The van der Waals surface area contributed by atoms with Crippen LogP contribution in [0.4, 0.5) is 13.2 Å². The molecule has 1 N–H and O–H groups in total. The summed E-state index contributed by atoms with van der Waals surface area (Å²) in [5.41, 5.74) is 3.87. The van der Waals surface area contributed by atoms with Gasteiger partial charge in [-0.3, -0.25) is 4.98 Å². The lowest BCUT2D eigenvalue weighted by Crippen LogP contribution is -2.19. The van der Waals surface area contributed by atoms with Gasteiger partial charge < -0.3 is 14.6 Å². The summed E-state index contributed by atoms with van der Waals surface area (Å²) in [7, 11) is 0. The number of ether oxygens (including phenoxy) is 2. The van der Waals surface area contributed by atoms with E-state index < -0.39 is 23.8 Å². The van der Waals surface area contributed by atoms with Gasteiger partial charge in [-0.2, -0.15) is 13.2 Å². The smallest absolute Gasteiger partial charge is 0.418 e. The molecule has 5 aromatic rings. The molecule has 1 atom stereocenters. The van der Waals surface area contributed by atoms with Crippen LogP contribution in [0.15, 0.2) is 97.2 Å². The zero-order chi connectivity index (χ0) is 30.6. The fourth-order valence-electron chi connectivity index (χ4n) is 4.72. The van der Waals surface area contributed by atoms with Crippen LogP contribution in [-0.4, -0.2) is 22.2 Å². The van der Waals surface area contributed by atoms with Crippen LogP contribution in [0.2, 0.25) is 5.02 Å². The number of benzene rings is 4. The first-order chi connectivity index (χ1) is 20.6. The fourth-order valence-corrected chi connectivity index (χ4v) is 4.85. The van der Waals surface area contributed by atoms with E-state index in [4.69, 9.17) is 26.2 Å². The van der Waals surface area contributed by atoms with Gasteiger partial charge in [0.05, 0.1) is 17.7 Å². The third-order valence-electron chi connectivity index (χ3n) is 6.99. The largest absolute Gasteiger partial charge is 0.489 e. The molecule has 1 aromatic heterocycles. The molecule has 0 fully saturated rings. The minimum absolute atomic E-state index is 0.113. The molecule has 0 aliphatic heterocycles. The zero-order valence-electron chi connectivity index (χ0n) is 23.1. The lowest BCUT2D eigenvalue weighted by Gasteiger charge is -2.17. The predicted molar refractivity (Wildman–Crippen MR) is 159 cm³/mol. The van der Waals surface area contributed by atoms with E-state index in [-0.39, 0.29) is 18.7 Å². The summed E-state index contributed by atoms with van der Waals surface area (Å²) in [6.45, 7) is 1.90. The number of pyridine rings is 1. The van der Waals surface area contributed by atoms with Crippen molar-refractivity contribution in [2.45, 2.75) is 38.8 Å². The normalized spacial score (nSPS) is 12.3. The highest BCUT2D eigenvalue weighted by Crippen LogP contribution is 2.39. The molecule has 0 bridgehead atoms. The van der Waals surface area contributed by atoms with Crippen molar-refractivity contribution >= 4 is 28.5 Å². The summed E-state index contributed by atoms with van der Waals surface area (Å²) in [6.07, 6.45) is -3.50. The molecular formula is C34H27ClF3NO4. The van der Waals surface area contributed by atoms with Gasteiger partial charge in [0.15, 0.2) is 6.10 Å². The lowest BCUT2D eigenvalue weighted by atomic mass is 9.92. The Balaban J connectivity index is 1.44. The standard InChI is InChI=1S/C34H27ClF3NO4/c1-21(33(40)41)42-19-23-8-10-24(11-9-23)20-43-28-5-2-4-25(17-28)31-26(16-22-12-14-27(35)15-13-22)18-39-32-29(31)6-3-7-30(32)34(36,37)38/h2-15,17-18,21H,16,19-20H2,1H3,(H,40,41). The highest BCUT2D eigenvalue weighted by atomic mass is 35.5. The number of hydrogen-bond acceptors (Lipinski definition) is 4. The van der Waals surface area contributed by atoms with Crippen molar-refractivity contribution in [1.82, 2.24) is 4.98 Å². The quantitative estimate of drug-likeness (QED) is 0.172. The first-order valence-electron chi connectivity index (χ1n) is 13.5. The van der Waals surface area contributed by atoms with E-state index in [0.717, 1.165) is 28.3 Å². The minimum Gasteiger partial charge on any atom is -0.489 e. The number of carboxylic acids is 1. The van der Waals surface area contributed by atoms with Gasteiger partial charge in [0.25, 0.3) is 0 Å². The van der Waals surface area contributed by atoms with E-state index in [0.29, 0.717) is 33.7 Å². The lowest BCUT2D eigenvalue weighted by molar-refractivity contribution is -0.149. The molecule has 220 valence electrons. The summed E-state index contributed by atoms with van der Waals surface area (Å²) in [5, 5.41) is 9.96. The summed E-state index contributed by atoms with van der Waals surface area (Å²) < 4.78 is 53.1. The van der Waals surface area contributed by atoms with E-state index in [1.54, 1.807) is 30.3 Å². The highest BCUT2D eigenvalue weighted by molar-refractivity contribution is 6.30. The number of carbonyl (C=O) groups is 1. The Hall–Kier alpha value is -4.40. The van der Waals surface area contributed by atoms with Crippen molar-refractivity contribution in [2.75, 3.05) is 0 Å². The number of rotatable bonds is 10. The molecule has 0 aliphatic rings. The van der Waals surface area contributed by atoms with E-state index in [2.05, 4.69) is 4.98 Å². The van der Waals surface area contributed by atoms with Crippen LogP contribution < -0.4 is 4.74 Å². The molecule has 1 heterocycles. The van der Waals surface area contributed by atoms with E-state index in [1.807, 2.05) is 48.5 Å². The molecule has 1 unspecified atom stereocenters. The van der Waals surface area contributed by atoms with Gasteiger partial charge in [0.2, 0.25) is 0 Å². The van der Waals surface area contributed by atoms with Gasteiger partial charge >= 0.3 is 12.1 Å². The maximum Gasteiger partial charge on any atom is 0.418 e. The van der Waals surface area contributed by atoms with Gasteiger partial charge in [0.1, 0.15) is 12.4 Å². The maximum absolute atomic E-state index is 13.9. The van der Waals surface area contributed by atoms with Crippen molar-refractivity contribution < 1.29 is 32.5 Å². The molecule has 0 saturated carbocycles. The Morgan fingerprint density at radius 2 is 1.56 bits per heavy atom. The Morgan fingerprint density at radius 1 is 0.907 bits per heavy atom. The first kappa shape index (κ1) is 30.1. The highest BCUT2D eigenvalue weighted by Gasteiger charge is 2.33. The van der Waals surface area contributed by atoms with Gasteiger partial charge in [-0.05, 0) is 77.1 Å². The average molecular weight is 606 g/mol. The number of alkyl halides is 3. The first-order valence-corrected chi connectivity index (χ1v) is 13.8. The van der Waals surface area contributed by atoms with Gasteiger partial charge in [-0.15, -0.1) is 0 Å². The van der Waals surface area contributed by atoms with Crippen molar-refractivity contribution in [3.8, 4) is 16.9 Å². The second-order valence-electron chi connectivity index (χ2n) is 10.1. The van der Waals surface area contributed by atoms with Crippen LogP contribution in [0.3, 0.4) is 0 Å². The van der Waals surface area contributed by atoms with E-state index in [9.17, 15) is 18.0 Å². The van der Waals surface area contributed by atoms with Crippen molar-refractivity contribution in [3.63, 3.8) is 0 Å². The molecule has 5 rings (SSSR count). The topological polar surface area (TPSA) is 68.7 Å². The number of carboxylic acid groups (broad SMARTS) is 1. The molecule has 0 radical (unpaired) electrons. The molecule has 0 spiro atoms. The molecule has 5 nitrogen and oxygen atoms in total. The average Bonchev–Trinajstić information content (AvgIpc) is 2.99. The van der Waals surface area contributed by atoms with Crippen LogP contribution in [-0.2, 0) is 35.3 Å². The summed E-state index contributed by atoms with van der Waals surface area (Å²) in [4.78, 5) is 15.2. The molecule has 9 heteroatoms. The number of hydrogen-bond donors (Lipinski definition) is 1. The Kier molecular flexibility index (Phi) is 8.99. The number of para-hydroxylation sites is 1. The summed E-state index contributed by atoms with van der Waals surface area (Å²) in [5.74, 6) is -0.473. The van der Waals surface area contributed by atoms with E-state index >= 15 is 0 Å². The zero-order valence-corrected chi connectivity index (χ0v) is 23.8. The Bertz CT molecular complexity index is 1740. The van der Waals surface area contributed by atoms with Gasteiger partial charge in [0, 0.05) is 16.6 Å². The number of aromatic nitrogens is 1. The Labute approximate surface area is 251 Å². The number of nitrogens with zero attached hydrogens (tertiary/aromatic N) is 1. The van der Waals surface area contributed by atoms with Crippen LogP contribution in [0.5, 0.6) is 5.75 Å². The van der Waals surface area contributed by atoms with E-state index in [1.165, 1.54) is 19.2 Å². The Morgan fingerprint density at radius 3 is 2.23 bits per heavy atom. The molecule has 43 heavy (non-hydrogen) atoms. The van der Waals surface area contributed by atoms with Gasteiger partial charge in [-0.25, -0.2) is 4.79 Å². The second kappa shape index (κ2) is 12.9. The van der Waals surface area contributed by atoms with Gasteiger partial charge in [-0.1, -0.05) is 72.3 Å². The maximum atomic E-state index is 13.9. The summed E-state index contributed by atoms with van der Waals surface area (Å²) >= 11 is 6.06. The van der Waals surface area contributed by atoms with Crippen LogP contribution >= 0.6 is 11.6 Å². The third-order valence-corrected chi connectivity index (χ3v) is 7.24. The molecule has 0 amide bonds. The molecule has 4 aromatic carbocycles. The monoisotopic (exact) mass is 605 g/mol. The SMILES string of the molecule is CC(OCc1ccc(COc2cccc(-c3c(Cc4ccc(Cl)cc4)cnc4c(C(F)(F)F)cccc34)c2)cc1)C(=O)O. The number of halogens is 4. The molecule has 0 saturated heterocycles. The minimum atomic E-state index is -4.55. The van der Waals surface area contributed by atoms with Crippen LogP contribution in [0.1, 0.15) is 34.7 Å². The number of fused-ring (bicyclic) bond motifs is 1. The third kappa shape index (κ3) is 7.34. The second-order valence-corrected chi connectivity index (χ2v) is 10.5. The van der Waals surface area contributed by atoms with Crippen molar-refractivity contribution in [1.29, 1.82) is 0 Å².